The monoisotopic (exact) mass is 437 g/mol. The highest BCUT2D eigenvalue weighted by molar-refractivity contribution is 8.09. The molecule has 1 aromatic carbocycles. The molecule has 7 heteroatoms. The highest BCUT2D eigenvalue weighted by Crippen LogP contribution is 2.49. The molecule has 0 spiro atoms. The molecule has 3 heterocycles. The molecule has 0 radical (unpaired) electrons. The van der Waals surface area contributed by atoms with E-state index in [1.807, 2.05) is 36.2 Å². The molecule has 3 aromatic rings. The lowest BCUT2D eigenvalue weighted by atomic mass is 9.90. The van der Waals surface area contributed by atoms with Crippen LogP contribution in [0.1, 0.15) is 41.3 Å². The molecule has 1 amide bonds. The molecule has 2 atom stereocenters. The predicted molar refractivity (Wildman–Crippen MR) is 120 cm³/mol. The zero-order valence-corrected chi connectivity index (χ0v) is 17.9. The number of benzene rings is 1. The number of anilines is 1. The molecule has 158 valence electrons. The second-order valence-electron chi connectivity index (χ2n) is 7.65. The van der Waals surface area contributed by atoms with E-state index >= 15 is 0 Å². The first kappa shape index (κ1) is 21.2. The normalized spacial score (nSPS) is 18.2. The summed E-state index contributed by atoms with van der Waals surface area (Å²) >= 11 is 1.83. The molecule has 1 aliphatic heterocycles. The van der Waals surface area contributed by atoms with Gasteiger partial charge in [-0.3, -0.25) is 9.78 Å². The van der Waals surface area contributed by atoms with E-state index in [1.54, 1.807) is 18.5 Å². The van der Waals surface area contributed by atoms with Crippen molar-refractivity contribution in [3.05, 3.63) is 95.5 Å². The summed E-state index contributed by atoms with van der Waals surface area (Å²) < 4.78 is 27.7. The Morgan fingerprint density at radius 1 is 1.06 bits per heavy atom. The third-order valence-electron chi connectivity index (χ3n) is 5.15. The third kappa shape index (κ3) is 4.51. The number of halogens is 2. The fourth-order valence-corrected chi connectivity index (χ4v) is 5.03. The highest BCUT2D eigenvalue weighted by atomic mass is 32.2. The van der Waals surface area contributed by atoms with E-state index in [0.717, 1.165) is 23.3 Å². The second-order valence-corrected chi connectivity index (χ2v) is 8.87. The van der Waals surface area contributed by atoms with Crippen LogP contribution in [-0.2, 0) is 0 Å². The Morgan fingerprint density at radius 2 is 1.84 bits per heavy atom. The lowest BCUT2D eigenvalue weighted by Gasteiger charge is -2.22. The van der Waals surface area contributed by atoms with Crippen molar-refractivity contribution in [1.29, 1.82) is 0 Å². The maximum Gasteiger partial charge on any atom is 0.262 e. The van der Waals surface area contributed by atoms with Crippen molar-refractivity contribution in [2.24, 2.45) is 5.92 Å². The summed E-state index contributed by atoms with van der Waals surface area (Å²) in [5.41, 5.74) is 1.48. The number of nitrogens with zero attached hydrogens (tertiary/aromatic N) is 2. The predicted octanol–water partition coefficient (Wildman–Crippen LogP) is 5.90. The number of nitrogens with one attached hydrogen (secondary N) is 1. The summed E-state index contributed by atoms with van der Waals surface area (Å²) in [7, 11) is 0. The average Bonchev–Trinajstić information content (AvgIpc) is 3.21. The van der Waals surface area contributed by atoms with Crippen LogP contribution in [0.2, 0.25) is 0 Å². The average molecular weight is 438 g/mol. The lowest BCUT2D eigenvalue weighted by Crippen LogP contribution is -2.18. The van der Waals surface area contributed by atoms with Crippen LogP contribution in [0, 0.1) is 17.6 Å². The zero-order chi connectivity index (χ0) is 22.0. The number of carbonyl (C=O) groups excluding carboxylic acids is 1. The van der Waals surface area contributed by atoms with Crippen molar-refractivity contribution in [1.82, 2.24) is 9.97 Å². The van der Waals surface area contributed by atoms with Crippen LogP contribution in [0.5, 0.6) is 0 Å². The first-order chi connectivity index (χ1) is 14.9. The number of thioether (sulfide) groups is 1. The van der Waals surface area contributed by atoms with E-state index < -0.39 is 23.1 Å². The van der Waals surface area contributed by atoms with Crippen molar-refractivity contribution in [3.63, 3.8) is 0 Å². The Hall–Kier alpha value is -3.06. The number of allylic oxidation sites excluding steroid dienone is 1. The molecule has 4 rings (SSSR count). The summed E-state index contributed by atoms with van der Waals surface area (Å²) in [6.45, 7) is 4.38. The summed E-state index contributed by atoms with van der Waals surface area (Å²) in [6.07, 6.45) is 7.55. The fourth-order valence-electron chi connectivity index (χ4n) is 3.60. The van der Waals surface area contributed by atoms with Crippen molar-refractivity contribution in [2.75, 3.05) is 5.32 Å². The molecular formula is C24H21F2N3OS. The van der Waals surface area contributed by atoms with Gasteiger partial charge in [0.05, 0.1) is 0 Å². The molecule has 31 heavy (non-hydrogen) atoms. The summed E-state index contributed by atoms with van der Waals surface area (Å²) in [4.78, 5) is 22.0. The summed E-state index contributed by atoms with van der Waals surface area (Å²) in [6, 6.07) is 10.8. The van der Waals surface area contributed by atoms with Crippen LogP contribution >= 0.6 is 11.8 Å². The van der Waals surface area contributed by atoms with Gasteiger partial charge in [-0.25, -0.2) is 13.8 Å². The minimum absolute atomic E-state index is 0.154. The Kier molecular flexibility index (Phi) is 6.13. The van der Waals surface area contributed by atoms with Gasteiger partial charge in [0.2, 0.25) is 0 Å². The van der Waals surface area contributed by atoms with Crippen LogP contribution < -0.4 is 5.32 Å². The smallest absolute Gasteiger partial charge is 0.262 e. The van der Waals surface area contributed by atoms with E-state index in [0.29, 0.717) is 11.2 Å². The highest BCUT2D eigenvalue weighted by Gasteiger charge is 2.32. The van der Waals surface area contributed by atoms with Crippen molar-refractivity contribution in [3.8, 4) is 0 Å². The standard InChI is InChI=1S/C24H21F2N3OS/c1-14(2)23-17(11-20(31-23)16-5-4-10-27-12-16)15-8-9-21(28-13-15)29-24(30)22-18(25)6-3-7-19(22)26/h3-14,17,23H,1-2H3,(H,28,29,30). The van der Waals surface area contributed by atoms with Gasteiger partial charge in [0.25, 0.3) is 5.91 Å². The van der Waals surface area contributed by atoms with Gasteiger partial charge in [-0.1, -0.05) is 38.1 Å². The summed E-state index contributed by atoms with van der Waals surface area (Å²) in [5, 5.41) is 2.81. The van der Waals surface area contributed by atoms with E-state index in [1.165, 1.54) is 11.0 Å². The van der Waals surface area contributed by atoms with Crippen LogP contribution in [0.3, 0.4) is 0 Å². The van der Waals surface area contributed by atoms with Gasteiger partial charge in [0.15, 0.2) is 0 Å². The molecule has 0 fully saturated rings. The molecule has 0 saturated carbocycles. The number of carbonyl (C=O) groups is 1. The van der Waals surface area contributed by atoms with Crippen molar-refractivity contribution < 1.29 is 13.6 Å². The SMILES string of the molecule is CC(C)C1SC(c2cccnc2)=CC1c1ccc(NC(=O)c2c(F)cccc2F)nc1. The molecule has 1 N–H and O–H groups in total. The van der Waals surface area contributed by atoms with Crippen LogP contribution in [0.4, 0.5) is 14.6 Å². The first-order valence-corrected chi connectivity index (χ1v) is 10.8. The molecule has 0 saturated heterocycles. The quantitative estimate of drug-likeness (QED) is 0.540. The maximum absolute atomic E-state index is 13.8. The molecule has 0 aliphatic carbocycles. The molecular weight excluding hydrogens is 416 g/mol. The number of amides is 1. The van der Waals surface area contributed by atoms with Crippen molar-refractivity contribution >= 4 is 28.4 Å². The molecule has 2 unspecified atom stereocenters. The number of rotatable bonds is 5. The minimum Gasteiger partial charge on any atom is -0.306 e. The maximum atomic E-state index is 13.8. The largest absolute Gasteiger partial charge is 0.306 e. The van der Waals surface area contributed by atoms with Gasteiger partial charge >= 0.3 is 0 Å². The van der Waals surface area contributed by atoms with Crippen molar-refractivity contribution in [2.45, 2.75) is 25.0 Å². The minimum atomic E-state index is -0.912. The Bertz CT molecular complexity index is 1100. The Labute approximate surface area is 183 Å². The van der Waals surface area contributed by atoms with Crippen LogP contribution in [-0.4, -0.2) is 21.1 Å². The Balaban J connectivity index is 1.55. The van der Waals surface area contributed by atoms with Crippen LogP contribution in [0.15, 0.2) is 67.1 Å². The van der Waals surface area contributed by atoms with Gasteiger partial charge < -0.3 is 5.32 Å². The van der Waals surface area contributed by atoms with E-state index in [2.05, 4.69) is 35.2 Å². The van der Waals surface area contributed by atoms with Gasteiger partial charge in [-0.2, -0.15) is 0 Å². The van der Waals surface area contributed by atoms with E-state index in [-0.39, 0.29) is 11.7 Å². The van der Waals surface area contributed by atoms with Gasteiger partial charge in [0.1, 0.15) is 23.0 Å². The first-order valence-electron chi connectivity index (χ1n) is 9.94. The number of hydrogen-bond donors (Lipinski definition) is 1. The summed E-state index contributed by atoms with van der Waals surface area (Å²) in [5.74, 6) is -1.87. The van der Waals surface area contributed by atoms with Crippen LogP contribution in [0.25, 0.3) is 4.91 Å². The zero-order valence-electron chi connectivity index (χ0n) is 17.0. The van der Waals surface area contributed by atoms with Gasteiger partial charge in [-0.15, -0.1) is 11.8 Å². The van der Waals surface area contributed by atoms with E-state index in [4.69, 9.17) is 0 Å². The number of pyridine rings is 2. The molecule has 4 nitrogen and oxygen atoms in total. The third-order valence-corrected chi connectivity index (χ3v) is 6.89. The number of aromatic nitrogens is 2. The van der Waals surface area contributed by atoms with Gasteiger partial charge in [-0.05, 0) is 35.7 Å². The van der Waals surface area contributed by atoms with E-state index in [9.17, 15) is 13.6 Å². The second kappa shape index (κ2) is 8.98. The molecule has 1 aliphatic rings. The van der Waals surface area contributed by atoms with Gasteiger partial charge in [0, 0.05) is 40.2 Å². The fraction of sp³-hybridized carbons (Fsp3) is 0.208. The topological polar surface area (TPSA) is 54.9 Å². The molecule has 2 aromatic heterocycles. The lowest BCUT2D eigenvalue weighted by molar-refractivity contribution is 0.101. The number of hydrogen-bond acceptors (Lipinski definition) is 4. The molecule has 0 bridgehead atoms. The Morgan fingerprint density at radius 3 is 2.45 bits per heavy atom.